The summed E-state index contributed by atoms with van der Waals surface area (Å²) in [6.45, 7) is 0.976. The standard InChI is InChI=1S/C35H32O4P2/c36-35(37)30-26-28(21-23-38-40(31-13-5-1-6-14-31)32-15-7-2-8-16-32)25-29(27-30)22-24-39-41(33-17-9-3-10-18-33)34-19-11-4-12-20-34/h1-20,25-27H,21-24H2,(H,36,37). The Kier molecular flexibility index (Phi) is 10.4. The molecule has 0 heterocycles. The quantitative estimate of drug-likeness (QED) is 0.160. The lowest BCUT2D eigenvalue weighted by atomic mass is 10.0. The summed E-state index contributed by atoms with van der Waals surface area (Å²) in [5.41, 5.74) is 2.19. The van der Waals surface area contributed by atoms with Crippen LogP contribution < -0.4 is 21.2 Å². The molecule has 0 aromatic heterocycles. The van der Waals surface area contributed by atoms with Crippen LogP contribution in [0.15, 0.2) is 140 Å². The van der Waals surface area contributed by atoms with Gasteiger partial charge in [0.25, 0.3) is 0 Å². The van der Waals surface area contributed by atoms with E-state index >= 15 is 0 Å². The second-order valence-corrected chi connectivity index (χ2v) is 13.2. The van der Waals surface area contributed by atoms with Crippen LogP contribution in [0.3, 0.4) is 0 Å². The minimum absolute atomic E-state index is 0.291. The number of carbonyl (C=O) groups is 1. The molecule has 0 fully saturated rings. The van der Waals surface area contributed by atoms with Crippen LogP contribution >= 0.6 is 16.3 Å². The topological polar surface area (TPSA) is 55.8 Å². The largest absolute Gasteiger partial charge is 0.478 e. The van der Waals surface area contributed by atoms with E-state index in [1.54, 1.807) is 12.1 Å². The second kappa shape index (κ2) is 14.8. The van der Waals surface area contributed by atoms with E-state index in [0.29, 0.717) is 31.6 Å². The predicted octanol–water partition coefficient (Wildman–Crippen LogP) is 6.60. The van der Waals surface area contributed by atoms with Gasteiger partial charge in [-0.15, -0.1) is 0 Å². The van der Waals surface area contributed by atoms with E-state index in [2.05, 4.69) is 54.6 Å². The van der Waals surface area contributed by atoms with Crippen LogP contribution in [0.1, 0.15) is 21.5 Å². The molecule has 1 N–H and O–H groups in total. The Morgan fingerprint density at radius 2 is 0.829 bits per heavy atom. The van der Waals surface area contributed by atoms with E-state index in [0.717, 1.165) is 32.3 Å². The zero-order valence-corrected chi connectivity index (χ0v) is 24.5. The maximum Gasteiger partial charge on any atom is 0.335 e. The third kappa shape index (κ3) is 8.19. The Bertz CT molecular complexity index is 1330. The van der Waals surface area contributed by atoms with E-state index in [1.807, 2.05) is 72.8 Å². The van der Waals surface area contributed by atoms with E-state index < -0.39 is 22.3 Å². The first-order valence-corrected chi connectivity index (χ1v) is 16.1. The summed E-state index contributed by atoms with van der Waals surface area (Å²) >= 11 is 0. The molecular weight excluding hydrogens is 546 g/mol. The van der Waals surface area contributed by atoms with Crippen LogP contribution in [0.25, 0.3) is 0 Å². The fraction of sp³-hybridized carbons (Fsp3) is 0.114. The normalized spacial score (nSPS) is 11.2. The van der Waals surface area contributed by atoms with Crippen LogP contribution in [0.5, 0.6) is 0 Å². The summed E-state index contributed by atoms with van der Waals surface area (Å²) in [5.74, 6) is -0.929. The van der Waals surface area contributed by atoms with Gasteiger partial charge in [0.05, 0.1) is 35.1 Å². The highest BCUT2D eigenvalue weighted by atomic mass is 31.1. The zero-order chi connectivity index (χ0) is 28.3. The number of carboxylic acids is 1. The molecule has 0 atom stereocenters. The van der Waals surface area contributed by atoms with Crippen LogP contribution in [-0.4, -0.2) is 24.3 Å². The van der Waals surface area contributed by atoms with Crippen molar-refractivity contribution in [1.82, 2.24) is 0 Å². The summed E-state index contributed by atoms with van der Waals surface area (Å²) in [5, 5.41) is 14.4. The molecule has 0 unspecified atom stereocenters. The first-order valence-electron chi connectivity index (χ1n) is 13.6. The summed E-state index contributed by atoms with van der Waals surface area (Å²) in [6.07, 6.45) is 1.24. The van der Waals surface area contributed by atoms with Gasteiger partial charge in [0.1, 0.15) is 0 Å². The molecule has 5 aromatic carbocycles. The number of benzene rings is 5. The minimum atomic E-state index is -0.970. The van der Waals surface area contributed by atoms with Crippen molar-refractivity contribution in [2.24, 2.45) is 0 Å². The Balaban J connectivity index is 1.27. The molecule has 4 nitrogen and oxygen atoms in total. The average Bonchev–Trinajstić information content (AvgIpc) is 3.03. The number of carboxylic acid groups (broad SMARTS) is 1. The Morgan fingerprint density at radius 3 is 1.12 bits per heavy atom. The summed E-state index contributed by atoms with van der Waals surface area (Å²) < 4.78 is 12.9. The zero-order valence-electron chi connectivity index (χ0n) is 22.7. The molecule has 6 heteroatoms. The monoisotopic (exact) mass is 578 g/mol. The van der Waals surface area contributed by atoms with Gasteiger partial charge in [-0.25, -0.2) is 4.79 Å². The first kappa shape index (κ1) is 28.9. The second-order valence-electron chi connectivity index (χ2n) is 9.44. The van der Waals surface area contributed by atoms with Gasteiger partial charge in [0.2, 0.25) is 0 Å². The van der Waals surface area contributed by atoms with Crippen molar-refractivity contribution in [2.45, 2.75) is 12.8 Å². The molecule has 0 saturated carbocycles. The van der Waals surface area contributed by atoms with Gasteiger partial charge in [-0.2, -0.15) is 0 Å². The highest BCUT2D eigenvalue weighted by Gasteiger charge is 2.17. The molecule has 5 rings (SSSR count). The van der Waals surface area contributed by atoms with Crippen molar-refractivity contribution >= 4 is 43.5 Å². The summed E-state index contributed by atoms with van der Waals surface area (Å²) in [4.78, 5) is 12.0. The molecule has 0 radical (unpaired) electrons. The molecule has 0 aliphatic heterocycles. The van der Waals surface area contributed by atoms with Crippen molar-refractivity contribution < 1.29 is 18.9 Å². The Labute approximate surface area is 244 Å². The van der Waals surface area contributed by atoms with Crippen LogP contribution in [-0.2, 0) is 21.9 Å². The predicted molar refractivity (Wildman–Crippen MR) is 171 cm³/mol. The third-order valence-electron chi connectivity index (χ3n) is 6.48. The molecular formula is C35H32O4P2. The smallest absolute Gasteiger partial charge is 0.335 e. The van der Waals surface area contributed by atoms with Gasteiger partial charge in [-0.3, -0.25) is 0 Å². The van der Waals surface area contributed by atoms with Gasteiger partial charge in [-0.05, 0) is 36.1 Å². The molecule has 0 spiro atoms. The average molecular weight is 579 g/mol. The van der Waals surface area contributed by atoms with Crippen molar-refractivity contribution in [3.8, 4) is 0 Å². The van der Waals surface area contributed by atoms with Crippen LogP contribution in [0, 0.1) is 0 Å². The van der Waals surface area contributed by atoms with Gasteiger partial charge in [0, 0.05) is 21.2 Å². The summed E-state index contributed by atoms with van der Waals surface area (Å²) in [7, 11) is -1.94. The lowest BCUT2D eigenvalue weighted by molar-refractivity contribution is 0.0696. The molecule has 5 aromatic rings. The number of rotatable bonds is 13. The fourth-order valence-electron chi connectivity index (χ4n) is 4.53. The third-order valence-corrected chi connectivity index (χ3v) is 10.4. The highest BCUT2D eigenvalue weighted by Crippen LogP contribution is 2.36. The van der Waals surface area contributed by atoms with Crippen LogP contribution in [0.4, 0.5) is 0 Å². The van der Waals surface area contributed by atoms with E-state index in [1.165, 1.54) is 0 Å². The first-order chi connectivity index (χ1) is 20.2. The van der Waals surface area contributed by atoms with Gasteiger partial charge in [0.15, 0.2) is 0 Å². The maximum atomic E-state index is 12.0. The Morgan fingerprint density at radius 1 is 0.512 bits per heavy atom. The van der Waals surface area contributed by atoms with Gasteiger partial charge >= 0.3 is 5.97 Å². The summed E-state index contributed by atoms with van der Waals surface area (Å²) in [6, 6.07) is 46.7. The van der Waals surface area contributed by atoms with Gasteiger partial charge in [-0.1, -0.05) is 127 Å². The Hall–Kier alpha value is -3.65. The van der Waals surface area contributed by atoms with E-state index in [-0.39, 0.29) is 0 Å². The lowest BCUT2D eigenvalue weighted by Gasteiger charge is -2.19. The van der Waals surface area contributed by atoms with Crippen molar-refractivity contribution in [3.05, 3.63) is 156 Å². The minimum Gasteiger partial charge on any atom is -0.478 e. The number of hydrogen-bond acceptors (Lipinski definition) is 3. The molecule has 0 aliphatic rings. The molecule has 206 valence electrons. The van der Waals surface area contributed by atoms with Crippen molar-refractivity contribution in [1.29, 1.82) is 0 Å². The molecule has 0 aliphatic carbocycles. The van der Waals surface area contributed by atoms with Crippen molar-refractivity contribution in [2.75, 3.05) is 13.2 Å². The molecule has 0 amide bonds. The highest BCUT2D eigenvalue weighted by molar-refractivity contribution is 7.68. The SMILES string of the molecule is O=C(O)c1cc(CCOP(c2ccccc2)c2ccccc2)cc(CCOP(c2ccccc2)c2ccccc2)c1. The van der Waals surface area contributed by atoms with Crippen molar-refractivity contribution in [3.63, 3.8) is 0 Å². The maximum absolute atomic E-state index is 12.0. The van der Waals surface area contributed by atoms with Gasteiger partial charge < -0.3 is 14.2 Å². The molecule has 0 saturated heterocycles. The lowest BCUT2D eigenvalue weighted by Crippen LogP contribution is -2.15. The van der Waals surface area contributed by atoms with E-state index in [4.69, 9.17) is 9.05 Å². The number of hydrogen-bond donors (Lipinski definition) is 1. The fourth-order valence-corrected chi connectivity index (χ4v) is 8.05. The molecule has 0 bridgehead atoms. The van der Waals surface area contributed by atoms with Crippen LogP contribution in [0.2, 0.25) is 0 Å². The molecule has 41 heavy (non-hydrogen) atoms. The number of aromatic carboxylic acids is 1. The van der Waals surface area contributed by atoms with E-state index in [9.17, 15) is 9.90 Å².